The number of pyridine rings is 1. The van der Waals surface area contributed by atoms with Gasteiger partial charge in [0, 0.05) is 10.8 Å². The molecule has 0 unspecified atom stereocenters. The molecule has 2 aromatic heterocycles. The predicted octanol–water partition coefficient (Wildman–Crippen LogP) is 4.20. The van der Waals surface area contributed by atoms with Crippen LogP contribution >= 0.6 is 0 Å². The van der Waals surface area contributed by atoms with Crippen LogP contribution in [0.25, 0.3) is 27.3 Å². The summed E-state index contributed by atoms with van der Waals surface area (Å²) in [5, 5.41) is 1.02. The maximum atomic E-state index is 14.1. The zero-order valence-electron chi connectivity index (χ0n) is 10.4. The van der Waals surface area contributed by atoms with Crippen LogP contribution in [0.3, 0.4) is 0 Å². The largest absolute Gasteiger partial charge is 0.265 e. The van der Waals surface area contributed by atoms with Crippen LogP contribution in [0.2, 0.25) is 0 Å². The molecule has 21 heavy (non-hydrogen) atoms. The van der Waals surface area contributed by atoms with Gasteiger partial charge in [-0.1, -0.05) is 0 Å². The maximum Gasteiger partial charge on any atom is 0.218 e. The topological polar surface area (TPSA) is 17.3 Å². The SMILES string of the molecule is Fc1ccc2c(c1)c1ccc(F)c(F)c1n1c(F)cnc21. The molecule has 104 valence electrons. The van der Waals surface area contributed by atoms with Gasteiger partial charge in [0.25, 0.3) is 0 Å². The maximum absolute atomic E-state index is 14.1. The molecule has 2 heterocycles. The normalized spacial score (nSPS) is 11.8. The van der Waals surface area contributed by atoms with Gasteiger partial charge in [-0.05, 0) is 35.7 Å². The molecule has 0 fully saturated rings. The van der Waals surface area contributed by atoms with Crippen LogP contribution in [-0.4, -0.2) is 9.38 Å². The molecule has 4 aromatic rings. The monoisotopic (exact) mass is 290 g/mol. The van der Waals surface area contributed by atoms with Gasteiger partial charge < -0.3 is 0 Å². The molecule has 0 N–H and O–H groups in total. The van der Waals surface area contributed by atoms with E-state index in [1.807, 2.05) is 0 Å². The van der Waals surface area contributed by atoms with E-state index in [-0.39, 0.29) is 16.6 Å². The van der Waals surface area contributed by atoms with Crippen LogP contribution in [0.5, 0.6) is 0 Å². The van der Waals surface area contributed by atoms with Crippen molar-refractivity contribution in [3.63, 3.8) is 0 Å². The lowest BCUT2D eigenvalue weighted by atomic mass is 10.1. The van der Waals surface area contributed by atoms with Gasteiger partial charge in [-0.2, -0.15) is 4.39 Å². The Bertz CT molecular complexity index is 1040. The smallest absolute Gasteiger partial charge is 0.218 e. The fourth-order valence-electron chi connectivity index (χ4n) is 2.64. The summed E-state index contributed by atoms with van der Waals surface area (Å²) in [7, 11) is 0. The average Bonchev–Trinajstić information content (AvgIpc) is 2.84. The van der Waals surface area contributed by atoms with Crippen molar-refractivity contribution in [2.24, 2.45) is 0 Å². The van der Waals surface area contributed by atoms with Gasteiger partial charge in [0.1, 0.15) is 11.5 Å². The van der Waals surface area contributed by atoms with E-state index in [0.29, 0.717) is 10.8 Å². The summed E-state index contributed by atoms with van der Waals surface area (Å²) in [4.78, 5) is 3.87. The first kappa shape index (κ1) is 12.1. The number of nitrogens with zero attached hydrogens (tertiary/aromatic N) is 2. The molecule has 2 aromatic carbocycles. The number of benzene rings is 2. The third kappa shape index (κ3) is 1.50. The van der Waals surface area contributed by atoms with Crippen molar-refractivity contribution in [3.05, 3.63) is 59.9 Å². The minimum Gasteiger partial charge on any atom is -0.265 e. The average molecular weight is 290 g/mol. The van der Waals surface area contributed by atoms with Gasteiger partial charge in [-0.15, -0.1) is 0 Å². The summed E-state index contributed by atoms with van der Waals surface area (Å²) in [6.07, 6.45) is 0.919. The van der Waals surface area contributed by atoms with E-state index in [1.165, 1.54) is 24.3 Å². The standard InChI is InChI=1S/C15H6F4N2/c16-7-1-2-9-10(5-7)8-3-4-11(17)13(19)14(8)21-12(18)6-20-15(9)21/h1-6H. The van der Waals surface area contributed by atoms with Crippen LogP contribution in [0.15, 0.2) is 36.5 Å². The third-order valence-corrected chi connectivity index (χ3v) is 3.52. The Kier molecular flexibility index (Phi) is 2.28. The molecule has 0 spiro atoms. The highest BCUT2D eigenvalue weighted by Crippen LogP contribution is 2.32. The molecule has 0 atom stereocenters. The fourth-order valence-corrected chi connectivity index (χ4v) is 2.64. The minimum atomic E-state index is -1.19. The number of aromatic nitrogens is 2. The van der Waals surface area contributed by atoms with E-state index in [9.17, 15) is 17.6 Å². The Morgan fingerprint density at radius 3 is 2.43 bits per heavy atom. The molecule has 0 aliphatic carbocycles. The predicted molar refractivity (Wildman–Crippen MR) is 70.0 cm³/mol. The van der Waals surface area contributed by atoms with E-state index in [0.717, 1.165) is 16.7 Å². The highest BCUT2D eigenvalue weighted by atomic mass is 19.2. The first-order valence-electron chi connectivity index (χ1n) is 6.10. The van der Waals surface area contributed by atoms with Gasteiger partial charge in [-0.25, -0.2) is 18.2 Å². The van der Waals surface area contributed by atoms with Crippen molar-refractivity contribution in [3.8, 4) is 0 Å². The van der Waals surface area contributed by atoms with Gasteiger partial charge in [0.05, 0.1) is 11.7 Å². The van der Waals surface area contributed by atoms with Crippen molar-refractivity contribution in [1.82, 2.24) is 9.38 Å². The van der Waals surface area contributed by atoms with Crippen LogP contribution in [0.4, 0.5) is 17.6 Å². The Balaban J connectivity index is 2.45. The van der Waals surface area contributed by atoms with Crippen molar-refractivity contribution in [2.75, 3.05) is 0 Å². The number of halogens is 4. The Labute approximate surface area is 115 Å². The first-order chi connectivity index (χ1) is 10.1. The van der Waals surface area contributed by atoms with E-state index in [2.05, 4.69) is 4.98 Å². The highest BCUT2D eigenvalue weighted by Gasteiger charge is 2.18. The molecule has 0 bridgehead atoms. The second kappa shape index (κ2) is 3.94. The van der Waals surface area contributed by atoms with Crippen LogP contribution < -0.4 is 0 Å². The number of hydrogen-bond acceptors (Lipinski definition) is 1. The molecular weight excluding hydrogens is 284 g/mol. The molecule has 0 radical (unpaired) electrons. The van der Waals surface area contributed by atoms with Crippen molar-refractivity contribution in [2.45, 2.75) is 0 Å². The molecule has 0 aliphatic rings. The van der Waals surface area contributed by atoms with Crippen LogP contribution in [-0.2, 0) is 0 Å². The number of hydrogen-bond donors (Lipinski definition) is 0. The van der Waals surface area contributed by atoms with Crippen molar-refractivity contribution >= 4 is 27.3 Å². The fraction of sp³-hybridized carbons (Fsp3) is 0. The van der Waals surface area contributed by atoms with E-state index in [4.69, 9.17) is 0 Å². The van der Waals surface area contributed by atoms with Gasteiger partial charge >= 0.3 is 0 Å². The zero-order chi connectivity index (χ0) is 14.7. The number of rotatable bonds is 0. The van der Waals surface area contributed by atoms with Crippen molar-refractivity contribution in [1.29, 1.82) is 0 Å². The van der Waals surface area contributed by atoms with Gasteiger partial charge in [-0.3, -0.25) is 4.40 Å². The summed E-state index contributed by atoms with van der Waals surface area (Å²) in [6.45, 7) is 0. The molecule has 4 rings (SSSR count). The summed E-state index contributed by atoms with van der Waals surface area (Å²) in [5.41, 5.74) is -0.183. The number of fused-ring (bicyclic) bond motifs is 6. The lowest BCUT2D eigenvalue weighted by molar-refractivity contribution is 0.510. The second-order valence-electron chi connectivity index (χ2n) is 4.69. The Hall–Kier alpha value is -2.63. The second-order valence-corrected chi connectivity index (χ2v) is 4.69. The van der Waals surface area contributed by atoms with Crippen LogP contribution in [0.1, 0.15) is 0 Å². The molecule has 0 saturated carbocycles. The van der Waals surface area contributed by atoms with E-state index in [1.54, 1.807) is 0 Å². The Morgan fingerprint density at radius 2 is 1.62 bits per heavy atom. The van der Waals surface area contributed by atoms with E-state index < -0.39 is 23.4 Å². The summed E-state index contributed by atoms with van der Waals surface area (Å²) in [6, 6.07) is 6.08. The Morgan fingerprint density at radius 1 is 0.857 bits per heavy atom. The summed E-state index contributed by atoms with van der Waals surface area (Å²) >= 11 is 0. The van der Waals surface area contributed by atoms with Gasteiger partial charge in [0.2, 0.25) is 5.95 Å². The third-order valence-electron chi connectivity index (χ3n) is 3.52. The number of imidazole rings is 1. The molecular formula is C15H6F4N2. The van der Waals surface area contributed by atoms with E-state index >= 15 is 0 Å². The highest BCUT2D eigenvalue weighted by molar-refractivity contribution is 6.11. The van der Waals surface area contributed by atoms with Crippen LogP contribution in [0, 0.1) is 23.4 Å². The quantitative estimate of drug-likeness (QED) is 0.350. The lowest BCUT2D eigenvalue weighted by Gasteiger charge is -2.09. The minimum absolute atomic E-state index is 0.111. The summed E-state index contributed by atoms with van der Waals surface area (Å²) in [5.74, 6) is -3.64. The molecule has 0 saturated heterocycles. The molecule has 0 aliphatic heterocycles. The first-order valence-corrected chi connectivity index (χ1v) is 6.10. The van der Waals surface area contributed by atoms with Crippen molar-refractivity contribution < 1.29 is 17.6 Å². The van der Waals surface area contributed by atoms with Gasteiger partial charge in [0.15, 0.2) is 11.6 Å². The lowest BCUT2D eigenvalue weighted by Crippen LogP contribution is -1.99. The molecule has 2 nitrogen and oxygen atoms in total. The molecule has 0 amide bonds. The zero-order valence-corrected chi connectivity index (χ0v) is 10.4. The summed E-state index contributed by atoms with van der Waals surface area (Å²) < 4.78 is 55.9. The molecule has 6 heteroatoms.